The maximum absolute atomic E-state index is 6.51. The molecule has 0 spiro atoms. The molecule has 2 aromatic carbocycles. The number of ether oxygens (including phenoxy) is 1. The van der Waals surface area contributed by atoms with Crippen LogP contribution in [0.5, 0.6) is 5.88 Å². The van der Waals surface area contributed by atoms with Gasteiger partial charge in [0, 0.05) is 16.7 Å². The number of benzene rings is 2. The molecule has 0 atom stereocenters. The molecule has 2 aliphatic rings. The average molecular weight is 410 g/mol. The van der Waals surface area contributed by atoms with Crippen LogP contribution >= 0.6 is 0 Å². The van der Waals surface area contributed by atoms with Crippen LogP contribution in [0.15, 0.2) is 60.7 Å². The Balaban J connectivity index is 1.53. The quantitative estimate of drug-likeness (QED) is 0.532. The zero-order valence-corrected chi connectivity index (χ0v) is 17.0. The normalized spacial score (nSPS) is 16.0. The Labute approximate surface area is 179 Å². The van der Waals surface area contributed by atoms with E-state index >= 15 is 0 Å². The van der Waals surface area contributed by atoms with Crippen molar-refractivity contribution in [2.45, 2.75) is 31.4 Å². The molecule has 1 aliphatic heterocycles. The lowest BCUT2D eigenvalue weighted by Crippen LogP contribution is -2.43. The molecule has 3 heterocycles. The zero-order valence-electron chi connectivity index (χ0n) is 17.0. The highest BCUT2D eigenvalue weighted by Crippen LogP contribution is 2.41. The first kappa shape index (κ1) is 18.1. The predicted molar refractivity (Wildman–Crippen MR) is 118 cm³/mol. The molecule has 0 bridgehead atoms. The molecule has 0 radical (unpaired) electrons. The second-order valence-electron chi connectivity index (χ2n) is 8.26. The van der Waals surface area contributed by atoms with Crippen LogP contribution in [0.1, 0.15) is 30.7 Å². The third-order valence-electron chi connectivity index (χ3n) is 6.37. The highest BCUT2D eigenvalue weighted by atomic mass is 16.5. The van der Waals surface area contributed by atoms with Gasteiger partial charge in [-0.05, 0) is 36.5 Å². The summed E-state index contributed by atoms with van der Waals surface area (Å²) < 4.78 is 7.72. The smallest absolute Gasteiger partial charge is 0.239 e. The fourth-order valence-corrected chi connectivity index (χ4v) is 4.44. The first-order valence-corrected chi connectivity index (χ1v) is 10.5. The molecule has 7 heteroatoms. The SMILES string of the molecule is Nc1nnc2n1-c1cc(-c3ccccc3)c(-c3ccc(C4(N)CCC4)cc3)nc1OC2. The standard InChI is InChI=1S/C24H22N6O/c25-23-29-28-20-14-31-22-19(30(20)23)13-18(15-5-2-1-3-6-15)21(27-22)16-7-9-17(10-8-16)24(26)11-4-12-24/h1-3,5-10,13H,4,11-12,14,26H2,(H2,25,29). The Kier molecular flexibility index (Phi) is 3.88. The number of aromatic nitrogens is 4. The van der Waals surface area contributed by atoms with Gasteiger partial charge < -0.3 is 16.2 Å². The van der Waals surface area contributed by atoms with Gasteiger partial charge in [-0.25, -0.2) is 4.98 Å². The molecule has 6 rings (SSSR count). The topological polar surface area (TPSA) is 105 Å². The summed E-state index contributed by atoms with van der Waals surface area (Å²) in [5.41, 5.74) is 18.3. The molecule has 4 N–H and O–H groups in total. The molecule has 0 saturated heterocycles. The van der Waals surface area contributed by atoms with E-state index in [0.29, 0.717) is 17.7 Å². The molecule has 1 fully saturated rings. The van der Waals surface area contributed by atoms with E-state index < -0.39 is 0 Å². The molecule has 1 aliphatic carbocycles. The maximum Gasteiger partial charge on any atom is 0.239 e. The van der Waals surface area contributed by atoms with Crippen LogP contribution in [-0.2, 0) is 12.1 Å². The Morgan fingerprint density at radius 1 is 0.935 bits per heavy atom. The van der Waals surface area contributed by atoms with E-state index in [0.717, 1.165) is 40.9 Å². The molecule has 1 saturated carbocycles. The van der Waals surface area contributed by atoms with Gasteiger partial charge in [-0.3, -0.25) is 4.57 Å². The molecule has 0 unspecified atom stereocenters. The minimum Gasteiger partial charge on any atom is -0.468 e. The van der Waals surface area contributed by atoms with Crippen LogP contribution < -0.4 is 16.2 Å². The lowest BCUT2D eigenvalue weighted by molar-refractivity contribution is 0.253. The van der Waals surface area contributed by atoms with E-state index in [1.807, 2.05) is 18.2 Å². The van der Waals surface area contributed by atoms with Crippen LogP contribution in [0.25, 0.3) is 28.1 Å². The van der Waals surface area contributed by atoms with E-state index in [2.05, 4.69) is 52.7 Å². The molecule has 7 nitrogen and oxygen atoms in total. The van der Waals surface area contributed by atoms with Gasteiger partial charge in [0.05, 0.1) is 5.69 Å². The summed E-state index contributed by atoms with van der Waals surface area (Å²) in [5, 5.41) is 8.11. The van der Waals surface area contributed by atoms with Crippen molar-refractivity contribution in [3.63, 3.8) is 0 Å². The Morgan fingerprint density at radius 2 is 1.71 bits per heavy atom. The highest BCUT2D eigenvalue weighted by molar-refractivity contribution is 5.83. The second kappa shape index (κ2) is 6.65. The monoisotopic (exact) mass is 410 g/mol. The fourth-order valence-electron chi connectivity index (χ4n) is 4.44. The Hall–Kier alpha value is -3.71. The van der Waals surface area contributed by atoms with Crippen molar-refractivity contribution < 1.29 is 4.74 Å². The van der Waals surface area contributed by atoms with Crippen molar-refractivity contribution in [2.75, 3.05) is 5.73 Å². The van der Waals surface area contributed by atoms with Gasteiger partial charge >= 0.3 is 0 Å². The van der Waals surface area contributed by atoms with Gasteiger partial charge in [-0.1, -0.05) is 54.6 Å². The summed E-state index contributed by atoms with van der Waals surface area (Å²) >= 11 is 0. The van der Waals surface area contributed by atoms with E-state index in [1.165, 1.54) is 12.0 Å². The van der Waals surface area contributed by atoms with Crippen molar-refractivity contribution >= 4 is 5.95 Å². The van der Waals surface area contributed by atoms with Crippen molar-refractivity contribution in [3.05, 3.63) is 72.1 Å². The van der Waals surface area contributed by atoms with Gasteiger partial charge in [0.25, 0.3) is 0 Å². The van der Waals surface area contributed by atoms with Crippen LogP contribution in [0.3, 0.4) is 0 Å². The Morgan fingerprint density at radius 3 is 2.42 bits per heavy atom. The van der Waals surface area contributed by atoms with Crippen LogP contribution in [0.4, 0.5) is 5.95 Å². The van der Waals surface area contributed by atoms with E-state index in [1.54, 1.807) is 4.57 Å². The van der Waals surface area contributed by atoms with Crippen LogP contribution in [0.2, 0.25) is 0 Å². The van der Waals surface area contributed by atoms with Crippen LogP contribution in [-0.4, -0.2) is 19.7 Å². The molecular weight excluding hydrogens is 388 g/mol. The molecule has 4 aromatic rings. The van der Waals surface area contributed by atoms with Crippen molar-refractivity contribution in [3.8, 4) is 34.0 Å². The highest BCUT2D eigenvalue weighted by Gasteiger charge is 2.34. The fraction of sp³-hybridized carbons (Fsp3) is 0.208. The summed E-state index contributed by atoms with van der Waals surface area (Å²) in [6, 6.07) is 20.7. The number of nitrogen functional groups attached to an aromatic ring is 1. The number of hydrogen-bond donors (Lipinski definition) is 2. The third kappa shape index (κ3) is 2.81. The summed E-state index contributed by atoms with van der Waals surface area (Å²) in [5.74, 6) is 1.51. The second-order valence-corrected chi connectivity index (χ2v) is 8.26. The van der Waals surface area contributed by atoms with Gasteiger partial charge in [0.2, 0.25) is 11.8 Å². The predicted octanol–water partition coefficient (Wildman–Crippen LogP) is 3.81. The molecular formula is C24H22N6O. The van der Waals surface area contributed by atoms with Gasteiger partial charge in [0.1, 0.15) is 5.69 Å². The lowest BCUT2D eigenvalue weighted by atomic mass is 9.72. The summed E-state index contributed by atoms with van der Waals surface area (Å²) in [6.45, 7) is 0.281. The lowest BCUT2D eigenvalue weighted by Gasteiger charge is -2.38. The zero-order chi connectivity index (χ0) is 21.0. The van der Waals surface area contributed by atoms with Crippen molar-refractivity contribution in [1.82, 2.24) is 19.7 Å². The van der Waals surface area contributed by atoms with E-state index in [4.69, 9.17) is 21.2 Å². The number of rotatable bonds is 3. The largest absolute Gasteiger partial charge is 0.468 e. The third-order valence-corrected chi connectivity index (χ3v) is 6.37. The average Bonchev–Trinajstić information content (AvgIpc) is 3.18. The Bertz CT molecular complexity index is 1280. The molecule has 2 aromatic heterocycles. The van der Waals surface area contributed by atoms with Gasteiger partial charge in [0.15, 0.2) is 12.4 Å². The van der Waals surface area contributed by atoms with Crippen molar-refractivity contribution in [2.24, 2.45) is 5.73 Å². The number of nitrogens with zero attached hydrogens (tertiary/aromatic N) is 4. The number of fused-ring (bicyclic) bond motifs is 3. The molecule has 154 valence electrons. The van der Waals surface area contributed by atoms with E-state index in [9.17, 15) is 0 Å². The van der Waals surface area contributed by atoms with E-state index in [-0.39, 0.29) is 12.1 Å². The summed E-state index contributed by atoms with van der Waals surface area (Å²) in [7, 11) is 0. The first-order chi connectivity index (χ1) is 15.1. The van der Waals surface area contributed by atoms with Gasteiger partial charge in [-0.2, -0.15) is 0 Å². The number of hydrogen-bond acceptors (Lipinski definition) is 6. The number of anilines is 1. The van der Waals surface area contributed by atoms with Crippen LogP contribution in [0, 0.1) is 0 Å². The number of pyridine rings is 1. The minimum atomic E-state index is -0.185. The van der Waals surface area contributed by atoms with Gasteiger partial charge in [-0.15, -0.1) is 10.2 Å². The van der Waals surface area contributed by atoms with Crippen molar-refractivity contribution in [1.29, 1.82) is 0 Å². The number of nitrogens with two attached hydrogens (primary N) is 2. The first-order valence-electron chi connectivity index (χ1n) is 10.5. The molecule has 0 amide bonds. The minimum absolute atomic E-state index is 0.185. The summed E-state index contributed by atoms with van der Waals surface area (Å²) in [6.07, 6.45) is 3.26. The summed E-state index contributed by atoms with van der Waals surface area (Å²) in [4.78, 5) is 4.92. The molecule has 31 heavy (non-hydrogen) atoms. The maximum atomic E-state index is 6.51.